The van der Waals surface area contributed by atoms with Crippen LogP contribution in [-0.4, -0.2) is 30.3 Å². The molecular weight excluding hydrogens is 288 g/mol. The van der Waals surface area contributed by atoms with Crippen molar-refractivity contribution in [3.05, 3.63) is 52.6 Å². The van der Waals surface area contributed by atoms with E-state index in [4.69, 9.17) is 0 Å². The zero-order chi connectivity index (χ0) is 15.7. The Labute approximate surface area is 123 Å². The first-order valence-corrected chi connectivity index (χ1v) is 6.25. The summed E-state index contributed by atoms with van der Waals surface area (Å²) < 4.78 is 0. The summed E-state index contributed by atoms with van der Waals surface area (Å²) >= 11 is 0. The van der Waals surface area contributed by atoms with Gasteiger partial charge in [-0.05, 0) is 6.07 Å². The van der Waals surface area contributed by atoms with Gasteiger partial charge >= 0.3 is 5.69 Å². The Kier molecular flexibility index (Phi) is 3.18. The number of aromatic hydroxyl groups is 2. The Morgan fingerprint density at radius 1 is 1.09 bits per heavy atom. The van der Waals surface area contributed by atoms with Gasteiger partial charge in [-0.2, -0.15) is 5.10 Å². The number of rotatable bonds is 3. The summed E-state index contributed by atoms with van der Waals surface area (Å²) in [5.74, 6) is -0.717. The molecule has 1 heterocycles. The van der Waals surface area contributed by atoms with Crippen molar-refractivity contribution in [3.8, 4) is 34.3 Å². The highest BCUT2D eigenvalue weighted by atomic mass is 16.6. The molecule has 0 bridgehead atoms. The average Bonchev–Trinajstić information content (AvgIpc) is 3.00. The highest BCUT2D eigenvalue weighted by molar-refractivity contribution is 5.69. The van der Waals surface area contributed by atoms with Crippen LogP contribution >= 0.6 is 0 Å². The van der Waals surface area contributed by atoms with Gasteiger partial charge < -0.3 is 10.2 Å². The third-order valence-corrected chi connectivity index (χ3v) is 3.06. The molecule has 8 nitrogen and oxygen atoms in total. The van der Waals surface area contributed by atoms with Gasteiger partial charge in [-0.1, -0.05) is 30.3 Å². The highest BCUT2D eigenvalue weighted by Crippen LogP contribution is 2.38. The number of nitrogens with zero attached hydrogens (tertiary/aromatic N) is 3. The molecule has 2 aromatic carbocycles. The number of H-pyrrole nitrogens is 1. The van der Waals surface area contributed by atoms with Gasteiger partial charge in [-0.15, -0.1) is 0 Å². The molecule has 22 heavy (non-hydrogen) atoms. The molecule has 1 aromatic heterocycles. The number of aromatic amines is 1. The fraction of sp³-hybridized carbons (Fsp3) is 0. The van der Waals surface area contributed by atoms with Gasteiger partial charge in [0.05, 0.1) is 4.92 Å². The standard InChI is InChI=1S/C14H10N4O4/c19-11-7-9(6-10(12(11)20)18(21)22)14-15-13(16-17-14)8-4-2-1-3-5-8/h1-7,19-20H,(H,15,16,17). The van der Waals surface area contributed by atoms with E-state index in [1.54, 1.807) is 0 Å². The number of phenolic OH excluding ortho intramolecular Hbond substituents is 2. The Balaban J connectivity index is 2.06. The summed E-state index contributed by atoms with van der Waals surface area (Å²) in [5, 5.41) is 36.7. The van der Waals surface area contributed by atoms with E-state index in [0.29, 0.717) is 5.82 Å². The van der Waals surface area contributed by atoms with Crippen LogP contribution in [0.1, 0.15) is 0 Å². The molecule has 3 N–H and O–H groups in total. The van der Waals surface area contributed by atoms with E-state index in [2.05, 4.69) is 15.2 Å². The summed E-state index contributed by atoms with van der Waals surface area (Å²) in [6.45, 7) is 0. The molecule has 0 amide bonds. The minimum Gasteiger partial charge on any atom is -0.504 e. The Morgan fingerprint density at radius 2 is 1.82 bits per heavy atom. The monoisotopic (exact) mass is 298 g/mol. The summed E-state index contributed by atoms with van der Waals surface area (Å²) in [7, 11) is 0. The lowest BCUT2D eigenvalue weighted by atomic mass is 10.1. The molecule has 3 rings (SSSR count). The van der Waals surface area contributed by atoms with E-state index in [1.165, 1.54) is 6.07 Å². The first-order chi connectivity index (χ1) is 10.6. The molecule has 0 aliphatic heterocycles. The second-order valence-electron chi connectivity index (χ2n) is 4.49. The lowest BCUT2D eigenvalue weighted by Crippen LogP contribution is -1.91. The van der Waals surface area contributed by atoms with Crippen LogP contribution in [0.4, 0.5) is 5.69 Å². The molecule has 8 heteroatoms. The smallest absolute Gasteiger partial charge is 0.315 e. The first-order valence-electron chi connectivity index (χ1n) is 6.25. The normalized spacial score (nSPS) is 10.5. The summed E-state index contributed by atoms with van der Waals surface area (Å²) in [4.78, 5) is 14.3. The molecule has 0 unspecified atom stereocenters. The van der Waals surface area contributed by atoms with Crippen LogP contribution < -0.4 is 0 Å². The Hall–Kier alpha value is -3.42. The molecule has 0 radical (unpaired) electrons. The number of aromatic nitrogens is 3. The largest absolute Gasteiger partial charge is 0.504 e. The minimum absolute atomic E-state index is 0.178. The van der Waals surface area contributed by atoms with Crippen LogP contribution in [0, 0.1) is 10.1 Å². The van der Waals surface area contributed by atoms with Gasteiger partial charge in [-0.3, -0.25) is 15.2 Å². The van der Waals surface area contributed by atoms with Gasteiger partial charge in [0.2, 0.25) is 5.75 Å². The topological polar surface area (TPSA) is 125 Å². The molecule has 0 saturated heterocycles. The number of phenols is 2. The zero-order valence-electron chi connectivity index (χ0n) is 11.1. The van der Waals surface area contributed by atoms with E-state index in [0.717, 1.165) is 11.6 Å². The highest BCUT2D eigenvalue weighted by Gasteiger charge is 2.21. The van der Waals surface area contributed by atoms with Gasteiger partial charge in [0.25, 0.3) is 0 Å². The maximum absolute atomic E-state index is 10.9. The van der Waals surface area contributed by atoms with Crippen LogP contribution in [0.5, 0.6) is 11.5 Å². The number of nitrogens with one attached hydrogen (secondary N) is 1. The van der Waals surface area contributed by atoms with Crippen LogP contribution in [0.3, 0.4) is 0 Å². The average molecular weight is 298 g/mol. The molecule has 3 aromatic rings. The van der Waals surface area contributed by atoms with Gasteiger partial charge in [0.1, 0.15) is 0 Å². The second-order valence-corrected chi connectivity index (χ2v) is 4.49. The van der Waals surface area contributed by atoms with Crippen LogP contribution in [0.25, 0.3) is 22.8 Å². The van der Waals surface area contributed by atoms with Crippen molar-refractivity contribution in [1.82, 2.24) is 15.2 Å². The fourth-order valence-electron chi connectivity index (χ4n) is 1.99. The first kappa shape index (κ1) is 13.6. The fourth-order valence-corrected chi connectivity index (χ4v) is 1.99. The number of nitro groups is 1. The van der Waals surface area contributed by atoms with Crippen molar-refractivity contribution in [2.75, 3.05) is 0 Å². The van der Waals surface area contributed by atoms with E-state index < -0.39 is 22.1 Å². The maximum atomic E-state index is 10.9. The lowest BCUT2D eigenvalue weighted by Gasteiger charge is -2.01. The molecule has 0 atom stereocenters. The van der Waals surface area contributed by atoms with Crippen molar-refractivity contribution < 1.29 is 15.1 Å². The van der Waals surface area contributed by atoms with Crippen molar-refractivity contribution in [2.24, 2.45) is 0 Å². The minimum atomic E-state index is -0.788. The summed E-state index contributed by atoms with van der Waals surface area (Å²) in [6.07, 6.45) is 0. The van der Waals surface area contributed by atoms with E-state index in [9.17, 15) is 20.3 Å². The van der Waals surface area contributed by atoms with Crippen molar-refractivity contribution in [2.45, 2.75) is 0 Å². The van der Waals surface area contributed by atoms with E-state index >= 15 is 0 Å². The maximum Gasteiger partial charge on any atom is 0.315 e. The van der Waals surface area contributed by atoms with E-state index in [-0.39, 0.29) is 11.4 Å². The van der Waals surface area contributed by atoms with Gasteiger partial charge in [-0.25, -0.2) is 4.98 Å². The van der Waals surface area contributed by atoms with E-state index in [1.807, 2.05) is 30.3 Å². The summed E-state index contributed by atoms with van der Waals surface area (Å²) in [5.41, 5.74) is 0.417. The number of hydrogen-bond acceptors (Lipinski definition) is 6. The second kappa shape index (κ2) is 5.17. The quantitative estimate of drug-likeness (QED) is 0.387. The molecule has 110 valence electrons. The predicted octanol–water partition coefficient (Wildman–Crippen LogP) is 2.46. The Morgan fingerprint density at radius 3 is 2.50 bits per heavy atom. The molecule has 0 spiro atoms. The number of nitro benzene ring substituents is 1. The Bertz CT molecular complexity index is 845. The van der Waals surface area contributed by atoms with Gasteiger partial charge in [0.15, 0.2) is 17.4 Å². The van der Waals surface area contributed by atoms with Crippen LogP contribution in [-0.2, 0) is 0 Å². The molecule has 0 saturated carbocycles. The predicted molar refractivity (Wildman–Crippen MR) is 77.2 cm³/mol. The molecular formula is C14H10N4O4. The molecule has 0 aliphatic carbocycles. The third kappa shape index (κ3) is 2.33. The van der Waals surface area contributed by atoms with Crippen molar-refractivity contribution >= 4 is 5.69 Å². The summed E-state index contributed by atoms with van der Waals surface area (Å²) in [6, 6.07) is 11.5. The lowest BCUT2D eigenvalue weighted by molar-refractivity contribution is -0.385. The zero-order valence-corrected chi connectivity index (χ0v) is 11.1. The van der Waals surface area contributed by atoms with Gasteiger partial charge in [0, 0.05) is 17.2 Å². The number of hydrogen-bond donors (Lipinski definition) is 3. The van der Waals surface area contributed by atoms with Crippen LogP contribution in [0.2, 0.25) is 0 Å². The molecule has 0 fully saturated rings. The van der Waals surface area contributed by atoms with Crippen molar-refractivity contribution in [1.29, 1.82) is 0 Å². The third-order valence-electron chi connectivity index (χ3n) is 3.06. The molecule has 0 aliphatic rings. The SMILES string of the molecule is O=[N+]([O-])c1cc(-c2n[nH]c(-c3ccccc3)n2)cc(O)c1O. The number of benzene rings is 2. The van der Waals surface area contributed by atoms with Crippen LogP contribution in [0.15, 0.2) is 42.5 Å². The van der Waals surface area contributed by atoms with Crippen molar-refractivity contribution in [3.63, 3.8) is 0 Å².